The number of anilines is 2. The van der Waals surface area contributed by atoms with E-state index in [1.54, 1.807) is 0 Å². The van der Waals surface area contributed by atoms with E-state index >= 15 is 0 Å². The van der Waals surface area contributed by atoms with Gasteiger partial charge in [0.1, 0.15) is 5.82 Å². The highest BCUT2D eigenvalue weighted by molar-refractivity contribution is 5.71. The van der Waals surface area contributed by atoms with Crippen molar-refractivity contribution in [3.8, 4) is 0 Å². The van der Waals surface area contributed by atoms with Crippen LogP contribution < -0.4 is 10.6 Å². The highest BCUT2D eigenvalue weighted by atomic mass is 15.2. The Hall–Kier alpha value is -1.25. The Morgan fingerprint density at radius 2 is 2.12 bits per heavy atom. The molecular formula is C14H21N3. The molecule has 92 valence electrons. The van der Waals surface area contributed by atoms with Crippen LogP contribution in [0.25, 0.3) is 0 Å². The van der Waals surface area contributed by atoms with Crippen LogP contribution in [0, 0.1) is 12.8 Å². The predicted octanol–water partition coefficient (Wildman–Crippen LogP) is 3.18. The maximum Gasteiger partial charge on any atom is 0.150 e. The first-order chi connectivity index (χ1) is 8.19. The van der Waals surface area contributed by atoms with Gasteiger partial charge in [-0.15, -0.1) is 0 Å². The lowest BCUT2D eigenvalue weighted by Crippen LogP contribution is -2.50. The summed E-state index contributed by atoms with van der Waals surface area (Å²) in [5, 5.41) is 7.28. The van der Waals surface area contributed by atoms with E-state index in [1.165, 1.54) is 36.9 Å². The summed E-state index contributed by atoms with van der Waals surface area (Å²) >= 11 is 0. The second-order valence-corrected chi connectivity index (χ2v) is 5.79. The molecule has 0 amide bonds. The van der Waals surface area contributed by atoms with Crippen molar-refractivity contribution in [2.45, 2.75) is 45.1 Å². The average Bonchev–Trinajstić information content (AvgIpc) is 2.34. The molecule has 2 aliphatic rings. The first-order valence-electron chi connectivity index (χ1n) is 6.66. The molecule has 1 aromatic heterocycles. The second kappa shape index (κ2) is 3.90. The Balaban J connectivity index is 1.85. The predicted molar refractivity (Wildman–Crippen MR) is 71.4 cm³/mol. The third-order valence-corrected chi connectivity index (χ3v) is 4.38. The second-order valence-electron chi connectivity index (χ2n) is 5.79. The number of nitrogens with one attached hydrogen (secondary N) is 2. The summed E-state index contributed by atoms with van der Waals surface area (Å²) in [6.07, 6.45) is 7.07. The Bertz CT molecular complexity index is 419. The summed E-state index contributed by atoms with van der Waals surface area (Å²) in [6, 6.07) is 2.06. The lowest BCUT2D eigenvalue weighted by molar-refractivity contribution is 0.273. The molecule has 1 aromatic rings. The van der Waals surface area contributed by atoms with Crippen LogP contribution in [0.3, 0.4) is 0 Å². The number of pyridine rings is 1. The summed E-state index contributed by atoms with van der Waals surface area (Å²) in [6.45, 7) is 5.54. The lowest BCUT2D eigenvalue weighted by Gasteiger charge is -2.44. The van der Waals surface area contributed by atoms with Gasteiger partial charge in [-0.1, -0.05) is 6.92 Å². The van der Waals surface area contributed by atoms with E-state index < -0.39 is 0 Å². The van der Waals surface area contributed by atoms with Gasteiger partial charge < -0.3 is 10.6 Å². The van der Waals surface area contributed by atoms with Gasteiger partial charge >= 0.3 is 0 Å². The standard InChI is InChI=1S/C14H21N3/c1-10-3-6-14(7-4-10)9-16-12-11(2)5-8-15-13(12)17-14/h5,8,10,16H,3-4,6-7,9H2,1-2H3,(H,15,17). The van der Waals surface area contributed by atoms with Gasteiger partial charge in [0.2, 0.25) is 0 Å². The molecular weight excluding hydrogens is 210 g/mol. The molecule has 0 aromatic carbocycles. The third-order valence-electron chi connectivity index (χ3n) is 4.38. The molecule has 0 radical (unpaired) electrons. The Morgan fingerprint density at radius 3 is 2.88 bits per heavy atom. The number of aryl methyl sites for hydroxylation is 1. The van der Waals surface area contributed by atoms with E-state index in [-0.39, 0.29) is 5.54 Å². The molecule has 0 bridgehead atoms. The summed E-state index contributed by atoms with van der Waals surface area (Å²) in [7, 11) is 0. The SMILES string of the molecule is Cc1ccnc2c1NCC1(CCC(C)CC1)N2. The van der Waals surface area contributed by atoms with Gasteiger partial charge in [-0.25, -0.2) is 4.98 Å². The number of aromatic nitrogens is 1. The van der Waals surface area contributed by atoms with Crippen molar-refractivity contribution >= 4 is 11.5 Å². The quantitative estimate of drug-likeness (QED) is 0.720. The minimum absolute atomic E-state index is 0.250. The molecule has 1 aliphatic heterocycles. The van der Waals surface area contributed by atoms with Gasteiger partial charge in [-0.2, -0.15) is 0 Å². The molecule has 1 saturated carbocycles. The van der Waals surface area contributed by atoms with Crippen LogP contribution in [0.2, 0.25) is 0 Å². The molecule has 0 unspecified atom stereocenters. The molecule has 3 heteroatoms. The van der Waals surface area contributed by atoms with Gasteiger partial charge in [0.15, 0.2) is 0 Å². The maximum absolute atomic E-state index is 4.48. The smallest absolute Gasteiger partial charge is 0.150 e. The molecule has 1 spiro atoms. The fourth-order valence-electron chi connectivity index (χ4n) is 3.05. The first kappa shape index (κ1) is 10.9. The fraction of sp³-hybridized carbons (Fsp3) is 0.643. The van der Waals surface area contributed by atoms with Gasteiger partial charge in [-0.05, 0) is 50.2 Å². The molecule has 3 rings (SSSR count). The van der Waals surface area contributed by atoms with Crippen molar-refractivity contribution < 1.29 is 0 Å². The van der Waals surface area contributed by atoms with E-state index in [0.29, 0.717) is 0 Å². The Kier molecular flexibility index (Phi) is 2.49. The van der Waals surface area contributed by atoms with Crippen LogP contribution in [-0.4, -0.2) is 17.1 Å². The maximum atomic E-state index is 4.48. The van der Waals surface area contributed by atoms with Crippen molar-refractivity contribution in [3.63, 3.8) is 0 Å². The van der Waals surface area contributed by atoms with Crippen LogP contribution in [0.1, 0.15) is 38.2 Å². The molecule has 2 heterocycles. The van der Waals surface area contributed by atoms with Gasteiger partial charge in [0.05, 0.1) is 11.2 Å². The van der Waals surface area contributed by atoms with Crippen molar-refractivity contribution in [2.24, 2.45) is 5.92 Å². The van der Waals surface area contributed by atoms with Crippen LogP contribution in [0.4, 0.5) is 11.5 Å². The van der Waals surface area contributed by atoms with Crippen LogP contribution in [-0.2, 0) is 0 Å². The highest BCUT2D eigenvalue weighted by Gasteiger charge is 2.37. The van der Waals surface area contributed by atoms with E-state index in [9.17, 15) is 0 Å². The van der Waals surface area contributed by atoms with Crippen LogP contribution in [0.15, 0.2) is 12.3 Å². The fourth-order valence-corrected chi connectivity index (χ4v) is 3.05. The average molecular weight is 231 g/mol. The largest absolute Gasteiger partial charge is 0.379 e. The summed E-state index contributed by atoms with van der Waals surface area (Å²) in [5.74, 6) is 1.93. The molecule has 17 heavy (non-hydrogen) atoms. The van der Waals surface area contributed by atoms with Crippen LogP contribution in [0.5, 0.6) is 0 Å². The number of hydrogen-bond acceptors (Lipinski definition) is 3. The molecule has 3 nitrogen and oxygen atoms in total. The van der Waals surface area contributed by atoms with E-state index in [0.717, 1.165) is 18.3 Å². The number of fused-ring (bicyclic) bond motifs is 1. The lowest BCUT2D eigenvalue weighted by atomic mass is 9.76. The van der Waals surface area contributed by atoms with Crippen LogP contribution >= 0.6 is 0 Å². The highest BCUT2D eigenvalue weighted by Crippen LogP contribution is 2.39. The summed E-state index contributed by atoms with van der Waals surface area (Å²) < 4.78 is 0. The number of hydrogen-bond donors (Lipinski definition) is 2. The zero-order valence-corrected chi connectivity index (χ0v) is 10.7. The zero-order chi connectivity index (χ0) is 11.9. The zero-order valence-electron chi connectivity index (χ0n) is 10.7. The molecule has 0 atom stereocenters. The molecule has 1 aliphatic carbocycles. The van der Waals surface area contributed by atoms with Gasteiger partial charge in [0, 0.05) is 12.7 Å². The van der Waals surface area contributed by atoms with E-state index in [2.05, 4.69) is 35.5 Å². The third kappa shape index (κ3) is 1.88. The monoisotopic (exact) mass is 231 g/mol. The Labute approximate surface area is 103 Å². The molecule has 2 N–H and O–H groups in total. The van der Waals surface area contributed by atoms with E-state index in [1.807, 2.05) is 6.20 Å². The minimum atomic E-state index is 0.250. The Morgan fingerprint density at radius 1 is 1.35 bits per heavy atom. The molecule has 0 saturated heterocycles. The first-order valence-corrected chi connectivity index (χ1v) is 6.66. The van der Waals surface area contributed by atoms with Crippen molar-refractivity contribution in [1.29, 1.82) is 0 Å². The summed E-state index contributed by atoms with van der Waals surface area (Å²) in [5.41, 5.74) is 2.72. The normalized spacial score (nSPS) is 31.5. The van der Waals surface area contributed by atoms with Crippen molar-refractivity contribution in [3.05, 3.63) is 17.8 Å². The van der Waals surface area contributed by atoms with Gasteiger partial charge in [-0.3, -0.25) is 0 Å². The topological polar surface area (TPSA) is 37.0 Å². The minimum Gasteiger partial charge on any atom is -0.379 e. The van der Waals surface area contributed by atoms with Crippen molar-refractivity contribution in [1.82, 2.24) is 4.98 Å². The number of rotatable bonds is 0. The van der Waals surface area contributed by atoms with Crippen molar-refractivity contribution in [2.75, 3.05) is 17.2 Å². The summed E-state index contributed by atoms with van der Waals surface area (Å²) in [4.78, 5) is 4.48. The van der Waals surface area contributed by atoms with Gasteiger partial charge in [0.25, 0.3) is 0 Å². The van der Waals surface area contributed by atoms with E-state index in [4.69, 9.17) is 0 Å². The molecule has 1 fully saturated rings. The number of nitrogens with zero attached hydrogens (tertiary/aromatic N) is 1.